The molecule has 3 aliphatic rings. The summed E-state index contributed by atoms with van der Waals surface area (Å²) in [5.41, 5.74) is 3.15. The predicted octanol–water partition coefficient (Wildman–Crippen LogP) is 6.07. The van der Waals surface area contributed by atoms with Crippen LogP contribution in [-0.4, -0.2) is 23.4 Å². The van der Waals surface area contributed by atoms with Gasteiger partial charge in [-0.15, -0.1) is 4.91 Å². The third-order valence-electron chi connectivity index (χ3n) is 7.71. The van der Waals surface area contributed by atoms with Crippen molar-refractivity contribution in [3.63, 3.8) is 0 Å². The van der Waals surface area contributed by atoms with Crippen LogP contribution in [0, 0.1) is 15.7 Å². The lowest BCUT2D eigenvalue weighted by Gasteiger charge is -2.43. The molecule has 0 unspecified atom stereocenters. The molecule has 0 radical (unpaired) electrons. The number of carbonyl (C=O) groups excluding carboxylic acids is 2. The topological polar surface area (TPSA) is 78.8 Å². The van der Waals surface area contributed by atoms with E-state index in [0.29, 0.717) is 18.4 Å². The molecule has 4 rings (SSSR count). The summed E-state index contributed by atoms with van der Waals surface area (Å²) in [4.78, 5) is 36.1. The minimum atomic E-state index is -0.684. The van der Waals surface area contributed by atoms with E-state index in [9.17, 15) is 14.5 Å². The minimum absolute atomic E-state index is 0.0204. The summed E-state index contributed by atoms with van der Waals surface area (Å²) in [5.74, 6) is -0.684. The number of benzene rings is 1. The second-order valence-corrected chi connectivity index (χ2v) is 11.0. The fourth-order valence-electron chi connectivity index (χ4n) is 4.71. The maximum Gasteiger partial charge on any atom is 0.322 e. The van der Waals surface area contributed by atoms with Crippen molar-refractivity contribution in [3.8, 4) is 0 Å². The maximum absolute atomic E-state index is 13.0. The summed E-state index contributed by atoms with van der Waals surface area (Å²) in [6, 6.07) is 6.00. The van der Waals surface area contributed by atoms with E-state index in [0.717, 1.165) is 47.4 Å². The Balaban J connectivity index is 1.57. The van der Waals surface area contributed by atoms with Crippen LogP contribution in [0.4, 0.5) is 4.79 Å². The number of hydrogen-bond donors (Lipinski definition) is 1. The number of rotatable bonds is 9. The van der Waals surface area contributed by atoms with Crippen LogP contribution in [0.3, 0.4) is 0 Å². The molecule has 0 saturated heterocycles. The van der Waals surface area contributed by atoms with E-state index in [-0.39, 0.29) is 17.9 Å². The monoisotopic (exact) mass is 457 g/mol. The van der Waals surface area contributed by atoms with Crippen LogP contribution in [-0.2, 0) is 16.8 Å². The lowest BCUT2D eigenvalue weighted by atomic mass is 9.76. The first kappa shape index (κ1) is 23.0. The third-order valence-corrected chi connectivity index (χ3v) is 8.07. The second-order valence-electron chi connectivity index (χ2n) is 10.6. The van der Waals surface area contributed by atoms with Crippen molar-refractivity contribution in [2.45, 2.75) is 77.7 Å². The van der Waals surface area contributed by atoms with Gasteiger partial charge >= 0.3 is 6.03 Å². The summed E-state index contributed by atoms with van der Waals surface area (Å²) in [7, 11) is 0. The summed E-state index contributed by atoms with van der Waals surface area (Å²) >= 11 is 6.71. The Morgan fingerprint density at radius 2 is 1.91 bits per heavy atom. The van der Waals surface area contributed by atoms with E-state index in [1.165, 1.54) is 12.8 Å². The van der Waals surface area contributed by atoms with Crippen LogP contribution in [0.1, 0.15) is 76.8 Å². The maximum atomic E-state index is 13.0. The zero-order chi connectivity index (χ0) is 23.1. The molecule has 1 aromatic rings. The number of urea groups is 1. The van der Waals surface area contributed by atoms with E-state index in [1.54, 1.807) is 4.90 Å². The molecule has 1 atom stereocenters. The first-order valence-electron chi connectivity index (χ1n) is 11.6. The number of halogens is 1. The molecule has 2 aliphatic carbocycles. The quantitative estimate of drug-likeness (QED) is 0.457. The fourth-order valence-corrected chi connectivity index (χ4v) is 4.99. The third kappa shape index (κ3) is 4.61. The Morgan fingerprint density at radius 1 is 1.19 bits per heavy atom. The van der Waals surface area contributed by atoms with Gasteiger partial charge in [-0.05, 0) is 85.5 Å². The lowest BCUT2D eigenvalue weighted by Crippen LogP contribution is -2.55. The minimum Gasteiger partial charge on any atom is -0.325 e. The largest absolute Gasteiger partial charge is 0.325 e. The number of hydrogen-bond acceptors (Lipinski definition) is 3. The first-order valence-corrected chi connectivity index (χ1v) is 11.9. The summed E-state index contributed by atoms with van der Waals surface area (Å²) in [6.45, 7) is 6.96. The van der Waals surface area contributed by atoms with Gasteiger partial charge in [-0.3, -0.25) is 4.79 Å². The van der Waals surface area contributed by atoms with Crippen LogP contribution in [0.25, 0.3) is 0 Å². The van der Waals surface area contributed by atoms with Gasteiger partial charge in [0.15, 0.2) is 0 Å². The van der Waals surface area contributed by atoms with Gasteiger partial charge in [-0.1, -0.05) is 37.6 Å². The molecule has 2 saturated carbocycles. The summed E-state index contributed by atoms with van der Waals surface area (Å²) in [5, 5.41) is 6.39. The molecule has 1 N–H and O–H groups in total. The van der Waals surface area contributed by atoms with Gasteiger partial charge in [-0.2, -0.15) is 0 Å². The van der Waals surface area contributed by atoms with Crippen LogP contribution in [0.5, 0.6) is 0 Å². The van der Waals surface area contributed by atoms with Gasteiger partial charge in [0.25, 0.3) is 5.91 Å². The van der Waals surface area contributed by atoms with Crippen molar-refractivity contribution in [2.24, 2.45) is 16.0 Å². The Bertz CT molecular complexity index is 981. The van der Waals surface area contributed by atoms with E-state index in [4.69, 9.17) is 11.6 Å². The highest BCUT2D eigenvalue weighted by Gasteiger charge is 2.52. The number of carbonyl (C=O) groups is 2. The van der Waals surface area contributed by atoms with Crippen molar-refractivity contribution >= 4 is 23.5 Å². The van der Waals surface area contributed by atoms with Crippen LogP contribution in [0.2, 0.25) is 5.02 Å². The zero-order valence-electron chi connectivity index (χ0n) is 19.2. The first-order chi connectivity index (χ1) is 15.1. The number of nitrogens with one attached hydrogen (secondary N) is 1. The Hall–Kier alpha value is -2.21. The number of nitroso groups, excluding NO2 is 1. The molecule has 1 aliphatic heterocycles. The average Bonchev–Trinajstić information content (AvgIpc) is 3.67. The smallest absolute Gasteiger partial charge is 0.322 e. The molecule has 32 heavy (non-hydrogen) atoms. The molecule has 0 aromatic heterocycles. The average molecular weight is 458 g/mol. The van der Waals surface area contributed by atoms with Crippen molar-refractivity contribution in [3.05, 3.63) is 51.0 Å². The SMILES string of the molecule is CC1(CCc2ccc([C@]3(C)NC(=O)N(CCCC(=O)N=O)C=C3C3(C)CC3)cc2Cl)CC1. The highest BCUT2D eigenvalue weighted by atomic mass is 35.5. The molecule has 1 aromatic carbocycles. The van der Waals surface area contributed by atoms with Gasteiger partial charge in [0.2, 0.25) is 0 Å². The Kier molecular flexibility index (Phi) is 5.95. The van der Waals surface area contributed by atoms with Crippen LogP contribution >= 0.6 is 11.6 Å². The summed E-state index contributed by atoms with van der Waals surface area (Å²) in [6.07, 6.45) is 9.25. The van der Waals surface area contributed by atoms with Crippen molar-refractivity contribution < 1.29 is 9.59 Å². The Morgan fingerprint density at radius 3 is 2.50 bits per heavy atom. The van der Waals surface area contributed by atoms with Crippen molar-refractivity contribution in [2.75, 3.05) is 6.54 Å². The normalized spacial score (nSPS) is 25.1. The zero-order valence-corrected chi connectivity index (χ0v) is 19.9. The standard InChI is InChI=1S/C25H32ClN3O3/c1-23(10-11-23)9-8-17-6-7-18(15-19(17)26)25(3)20(24(2)12-13-24)16-29(22(31)27-25)14-4-5-21(30)28-32/h6-7,15-16H,4-5,8-14H2,1-3H3,(H,27,31)/t25-/m0/s1. The number of aryl methyl sites for hydroxylation is 1. The van der Waals surface area contributed by atoms with Gasteiger partial charge in [0, 0.05) is 29.4 Å². The van der Waals surface area contributed by atoms with Crippen molar-refractivity contribution in [1.29, 1.82) is 0 Å². The number of nitrogens with zero attached hydrogens (tertiary/aromatic N) is 2. The molecule has 7 heteroatoms. The molecule has 6 nitrogen and oxygen atoms in total. The number of amides is 3. The highest BCUT2D eigenvalue weighted by Crippen LogP contribution is 2.57. The van der Waals surface area contributed by atoms with E-state index < -0.39 is 11.4 Å². The van der Waals surface area contributed by atoms with Crippen molar-refractivity contribution in [1.82, 2.24) is 10.2 Å². The van der Waals surface area contributed by atoms with E-state index in [2.05, 4.69) is 36.5 Å². The van der Waals surface area contributed by atoms with Crippen LogP contribution in [0.15, 0.2) is 35.1 Å². The summed E-state index contributed by atoms with van der Waals surface area (Å²) < 4.78 is 0. The molecule has 3 amide bonds. The van der Waals surface area contributed by atoms with Gasteiger partial charge in [-0.25, -0.2) is 4.79 Å². The van der Waals surface area contributed by atoms with Gasteiger partial charge < -0.3 is 10.2 Å². The molecular formula is C25H32ClN3O3. The molecule has 172 valence electrons. The molecule has 2 fully saturated rings. The van der Waals surface area contributed by atoms with Gasteiger partial charge in [0.1, 0.15) is 0 Å². The van der Waals surface area contributed by atoms with Crippen LogP contribution < -0.4 is 5.32 Å². The second kappa shape index (κ2) is 8.29. The van der Waals surface area contributed by atoms with Gasteiger partial charge in [0.05, 0.1) is 5.54 Å². The van der Waals surface area contributed by atoms with E-state index in [1.807, 2.05) is 19.2 Å². The van der Waals surface area contributed by atoms with E-state index >= 15 is 0 Å². The Labute approximate surface area is 194 Å². The highest BCUT2D eigenvalue weighted by molar-refractivity contribution is 6.31. The molecule has 0 bridgehead atoms. The predicted molar refractivity (Wildman–Crippen MR) is 125 cm³/mol. The molecule has 0 spiro atoms. The molecule has 1 heterocycles. The fraction of sp³-hybridized carbons (Fsp3) is 0.600. The lowest BCUT2D eigenvalue weighted by molar-refractivity contribution is -0.118. The molecular weight excluding hydrogens is 426 g/mol.